The van der Waals surface area contributed by atoms with Crippen LogP contribution in [-0.2, 0) is 0 Å². The van der Waals surface area contributed by atoms with Crippen molar-refractivity contribution in [3.8, 4) is 0 Å². The van der Waals surface area contributed by atoms with E-state index in [1.54, 1.807) is 0 Å². The fourth-order valence-corrected chi connectivity index (χ4v) is 3.50. The molecule has 3 rings (SSSR count). The van der Waals surface area contributed by atoms with E-state index in [2.05, 4.69) is 73.7 Å². The van der Waals surface area contributed by atoms with Crippen LogP contribution in [0.2, 0.25) is 0 Å². The van der Waals surface area contributed by atoms with Crippen molar-refractivity contribution >= 4 is 0 Å². The highest BCUT2D eigenvalue weighted by Gasteiger charge is 2.24. The Kier molecular flexibility index (Phi) is 4.55. The van der Waals surface area contributed by atoms with E-state index in [0.29, 0.717) is 5.92 Å². The van der Waals surface area contributed by atoms with Crippen molar-refractivity contribution in [1.29, 1.82) is 0 Å². The normalized spacial score (nSPS) is 17.4. The van der Waals surface area contributed by atoms with Crippen LogP contribution in [0.3, 0.4) is 0 Å². The maximum atomic E-state index is 2.36. The van der Waals surface area contributed by atoms with E-state index in [1.807, 2.05) is 0 Å². The summed E-state index contributed by atoms with van der Waals surface area (Å²) < 4.78 is 0. The Bertz CT molecular complexity index is 567. The lowest BCUT2D eigenvalue weighted by atomic mass is 9.77. The molecular weight excluding hydrogens is 252 g/mol. The standard InChI is InChI=1S/C21H24/c1-17-13-15-20(16-14-17)21(19-11-7-4-8-12-19)18-9-5-2-3-6-10-18/h2-4,7-8,11-16,18,21H,5-6,9-10H2,1H3. The van der Waals surface area contributed by atoms with Crippen molar-refractivity contribution in [2.24, 2.45) is 5.92 Å². The van der Waals surface area contributed by atoms with Crippen molar-refractivity contribution < 1.29 is 0 Å². The number of hydrogen-bond acceptors (Lipinski definition) is 0. The van der Waals surface area contributed by atoms with Crippen LogP contribution in [-0.4, -0.2) is 0 Å². The van der Waals surface area contributed by atoms with Crippen molar-refractivity contribution in [3.05, 3.63) is 83.4 Å². The molecule has 108 valence electrons. The maximum absolute atomic E-state index is 2.36. The van der Waals surface area contributed by atoms with Gasteiger partial charge in [-0.1, -0.05) is 72.3 Å². The lowest BCUT2D eigenvalue weighted by Crippen LogP contribution is -2.14. The van der Waals surface area contributed by atoms with Gasteiger partial charge in [-0.2, -0.15) is 0 Å². The highest BCUT2D eigenvalue weighted by atomic mass is 14.3. The molecule has 21 heavy (non-hydrogen) atoms. The molecule has 2 aromatic rings. The van der Waals surface area contributed by atoms with Gasteiger partial charge in [0, 0.05) is 5.92 Å². The van der Waals surface area contributed by atoms with E-state index in [-0.39, 0.29) is 0 Å². The van der Waals surface area contributed by atoms with Gasteiger partial charge in [0.15, 0.2) is 0 Å². The Balaban J connectivity index is 1.96. The molecule has 0 heterocycles. The summed E-state index contributed by atoms with van der Waals surface area (Å²) in [5.41, 5.74) is 4.28. The van der Waals surface area contributed by atoms with E-state index in [9.17, 15) is 0 Å². The number of hydrogen-bond donors (Lipinski definition) is 0. The van der Waals surface area contributed by atoms with Gasteiger partial charge in [0.1, 0.15) is 0 Å². The molecule has 0 amide bonds. The largest absolute Gasteiger partial charge is 0.0885 e. The number of benzene rings is 2. The summed E-state index contributed by atoms with van der Waals surface area (Å²) in [5, 5.41) is 0. The van der Waals surface area contributed by atoms with Gasteiger partial charge in [0.25, 0.3) is 0 Å². The topological polar surface area (TPSA) is 0 Å². The van der Waals surface area contributed by atoms with Gasteiger partial charge in [0.2, 0.25) is 0 Å². The van der Waals surface area contributed by atoms with Gasteiger partial charge in [-0.3, -0.25) is 0 Å². The van der Waals surface area contributed by atoms with Crippen LogP contribution in [0.4, 0.5) is 0 Å². The Labute approximate surface area is 128 Å². The van der Waals surface area contributed by atoms with Crippen LogP contribution in [0, 0.1) is 12.8 Å². The molecule has 0 saturated carbocycles. The average Bonchev–Trinajstić information content (AvgIpc) is 2.80. The molecule has 2 aromatic carbocycles. The first kappa shape index (κ1) is 14.1. The SMILES string of the molecule is Cc1ccc(C(c2ccccc2)C2CCC=CCC2)cc1. The van der Waals surface area contributed by atoms with Gasteiger partial charge in [-0.05, 0) is 49.7 Å². The van der Waals surface area contributed by atoms with Gasteiger partial charge in [-0.15, -0.1) is 0 Å². The molecule has 1 aliphatic carbocycles. The van der Waals surface area contributed by atoms with Crippen LogP contribution in [0.1, 0.15) is 48.3 Å². The summed E-state index contributed by atoms with van der Waals surface area (Å²) >= 11 is 0. The zero-order valence-corrected chi connectivity index (χ0v) is 12.8. The summed E-state index contributed by atoms with van der Waals surface area (Å²) in [5.74, 6) is 1.27. The number of allylic oxidation sites excluding steroid dienone is 2. The highest BCUT2D eigenvalue weighted by Crippen LogP contribution is 2.38. The van der Waals surface area contributed by atoms with E-state index in [4.69, 9.17) is 0 Å². The second kappa shape index (κ2) is 6.76. The van der Waals surface area contributed by atoms with Gasteiger partial charge in [0.05, 0.1) is 0 Å². The van der Waals surface area contributed by atoms with E-state index >= 15 is 0 Å². The molecule has 0 nitrogen and oxygen atoms in total. The minimum Gasteiger partial charge on any atom is -0.0885 e. The number of rotatable bonds is 3. The first-order valence-corrected chi connectivity index (χ1v) is 8.11. The third-order valence-electron chi connectivity index (χ3n) is 4.64. The van der Waals surface area contributed by atoms with Gasteiger partial charge in [-0.25, -0.2) is 0 Å². The molecule has 0 radical (unpaired) electrons. The van der Waals surface area contributed by atoms with E-state index in [0.717, 1.165) is 5.92 Å². The molecule has 0 aliphatic heterocycles. The quantitative estimate of drug-likeness (QED) is 0.615. The Morgan fingerprint density at radius 2 is 1.33 bits per heavy atom. The Morgan fingerprint density at radius 1 is 0.762 bits per heavy atom. The molecular formula is C21H24. The molecule has 0 fully saturated rings. The van der Waals surface area contributed by atoms with Crippen molar-refractivity contribution in [2.75, 3.05) is 0 Å². The average molecular weight is 276 g/mol. The zero-order valence-electron chi connectivity index (χ0n) is 12.8. The summed E-state index contributed by atoms with van der Waals surface area (Å²) in [4.78, 5) is 0. The summed E-state index contributed by atoms with van der Waals surface area (Å²) in [7, 11) is 0. The monoisotopic (exact) mass is 276 g/mol. The van der Waals surface area contributed by atoms with Crippen molar-refractivity contribution in [1.82, 2.24) is 0 Å². The second-order valence-electron chi connectivity index (χ2n) is 6.19. The fraction of sp³-hybridized carbons (Fsp3) is 0.333. The van der Waals surface area contributed by atoms with E-state index < -0.39 is 0 Å². The summed E-state index contributed by atoms with van der Waals surface area (Å²) in [6, 6.07) is 20.2. The molecule has 0 bridgehead atoms. The molecule has 1 aliphatic rings. The third-order valence-corrected chi connectivity index (χ3v) is 4.64. The maximum Gasteiger partial charge on any atom is 0.0118 e. The van der Waals surface area contributed by atoms with Crippen LogP contribution in [0.5, 0.6) is 0 Å². The minimum absolute atomic E-state index is 0.534. The summed E-state index contributed by atoms with van der Waals surface area (Å²) in [6.07, 6.45) is 9.75. The Hall–Kier alpha value is -1.82. The first-order valence-electron chi connectivity index (χ1n) is 8.11. The van der Waals surface area contributed by atoms with Crippen LogP contribution in [0.25, 0.3) is 0 Å². The smallest absolute Gasteiger partial charge is 0.0118 e. The molecule has 0 heteroatoms. The molecule has 1 unspecified atom stereocenters. The van der Waals surface area contributed by atoms with E-state index in [1.165, 1.54) is 42.4 Å². The lowest BCUT2D eigenvalue weighted by molar-refractivity contribution is 0.417. The van der Waals surface area contributed by atoms with Crippen LogP contribution >= 0.6 is 0 Å². The molecule has 0 aromatic heterocycles. The molecule has 0 spiro atoms. The molecule has 0 saturated heterocycles. The lowest BCUT2D eigenvalue weighted by Gasteiger charge is -2.27. The third kappa shape index (κ3) is 3.44. The predicted molar refractivity (Wildman–Crippen MR) is 90.6 cm³/mol. The molecule has 1 atom stereocenters. The zero-order chi connectivity index (χ0) is 14.5. The predicted octanol–water partition coefficient (Wildman–Crippen LogP) is 5.87. The second-order valence-corrected chi connectivity index (χ2v) is 6.19. The minimum atomic E-state index is 0.534. The van der Waals surface area contributed by atoms with Crippen molar-refractivity contribution in [2.45, 2.75) is 38.5 Å². The Morgan fingerprint density at radius 3 is 1.95 bits per heavy atom. The van der Waals surface area contributed by atoms with Crippen molar-refractivity contribution in [3.63, 3.8) is 0 Å². The van der Waals surface area contributed by atoms with Crippen LogP contribution in [0.15, 0.2) is 66.7 Å². The summed E-state index contributed by atoms with van der Waals surface area (Å²) in [6.45, 7) is 2.16. The molecule has 0 N–H and O–H groups in total. The van der Waals surface area contributed by atoms with Gasteiger partial charge < -0.3 is 0 Å². The highest BCUT2D eigenvalue weighted by molar-refractivity contribution is 5.35. The first-order chi connectivity index (χ1) is 10.3. The van der Waals surface area contributed by atoms with Gasteiger partial charge >= 0.3 is 0 Å². The van der Waals surface area contributed by atoms with Crippen LogP contribution < -0.4 is 0 Å². The number of aryl methyl sites for hydroxylation is 1. The fourth-order valence-electron chi connectivity index (χ4n) is 3.50.